The average Bonchev–Trinajstić information content (AvgIpc) is 3.21. The fourth-order valence-corrected chi connectivity index (χ4v) is 2.67. The van der Waals surface area contributed by atoms with Crippen LogP contribution in [0.5, 0.6) is 0 Å². The van der Waals surface area contributed by atoms with Gasteiger partial charge in [0.2, 0.25) is 5.82 Å². The fraction of sp³-hybridized carbons (Fsp3) is 0.125. The largest absolute Gasteiger partial charge is 0.449 e. The minimum atomic E-state index is -4.58. The summed E-state index contributed by atoms with van der Waals surface area (Å²) in [6.45, 7) is -0.156. The molecule has 0 atom stereocenters. The van der Waals surface area contributed by atoms with Crippen LogP contribution >= 0.6 is 0 Å². The molecule has 0 aliphatic carbocycles. The van der Waals surface area contributed by atoms with Gasteiger partial charge in [0.25, 0.3) is 0 Å². The molecule has 0 aliphatic rings. The summed E-state index contributed by atoms with van der Waals surface area (Å²) in [5.74, 6) is -0.698. The molecule has 0 unspecified atom stereocenters. The van der Waals surface area contributed by atoms with Crippen LogP contribution in [0.1, 0.15) is 11.6 Å². The number of hydrogen-bond donors (Lipinski definition) is 0. The van der Waals surface area contributed by atoms with Crippen LogP contribution < -0.4 is 0 Å². The minimum absolute atomic E-state index is 0.156. The van der Waals surface area contributed by atoms with Gasteiger partial charge in [-0.15, -0.1) is 5.10 Å². The number of aromatic nitrogens is 6. The van der Waals surface area contributed by atoms with Crippen molar-refractivity contribution in [2.75, 3.05) is 0 Å². The Morgan fingerprint density at radius 2 is 1.64 bits per heavy atom. The topological polar surface area (TPSA) is 61.4 Å². The summed E-state index contributed by atoms with van der Waals surface area (Å²) < 4.78 is 42.7. The summed E-state index contributed by atoms with van der Waals surface area (Å²) >= 11 is 0. The predicted molar refractivity (Wildman–Crippen MR) is 83.0 cm³/mol. The number of imidazole rings is 1. The van der Waals surface area contributed by atoms with E-state index in [2.05, 4.69) is 20.5 Å². The summed E-state index contributed by atoms with van der Waals surface area (Å²) in [6.07, 6.45) is -4.58. The molecule has 2 aromatic carbocycles. The highest BCUT2D eigenvalue weighted by Crippen LogP contribution is 2.31. The third-order valence-electron chi connectivity index (χ3n) is 3.74. The third kappa shape index (κ3) is 2.73. The predicted octanol–water partition coefficient (Wildman–Crippen LogP) is 3.08. The molecule has 0 aliphatic heterocycles. The SMILES string of the molecule is FC(F)(F)c1nc2ccccc2n1Cc1nnnn1-c1ccccc1. The van der Waals surface area contributed by atoms with Gasteiger partial charge in [0, 0.05) is 0 Å². The molecule has 25 heavy (non-hydrogen) atoms. The van der Waals surface area contributed by atoms with E-state index in [1.165, 1.54) is 4.68 Å². The van der Waals surface area contributed by atoms with Gasteiger partial charge in [0.1, 0.15) is 0 Å². The second-order valence-electron chi connectivity index (χ2n) is 5.35. The van der Waals surface area contributed by atoms with Gasteiger partial charge in [-0.05, 0) is 34.7 Å². The molecular formula is C16H11F3N6. The molecule has 0 radical (unpaired) electrons. The Balaban J connectivity index is 1.84. The lowest BCUT2D eigenvalue weighted by molar-refractivity contribution is -0.146. The van der Waals surface area contributed by atoms with Crippen LogP contribution in [0.25, 0.3) is 16.7 Å². The first-order valence-corrected chi connectivity index (χ1v) is 7.39. The maximum Gasteiger partial charge on any atom is 0.449 e. The summed E-state index contributed by atoms with van der Waals surface area (Å²) in [7, 11) is 0. The van der Waals surface area contributed by atoms with E-state index in [4.69, 9.17) is 0 Å². The lowest BCUT2D eigenvalue weighted by Crippen LogP contribution is -2.17. The van der Waals surface area contributed by atoms with Crippen LogP contribution in [0.15, 0.2) is 54.6 Å². The van der Waals surface area contributed by atoms with E-state index in [-0.39, 0.29) is 17.9 Å². The van der Waals surface area contributed by atoms with E-state index in [9.17, 15) is 13.2 Å². The second kappa shape index (κ2) is 5.69. The summed E-state index contributed by atoms with van der Waals surface area (Å²) in [5.41, 5.74) is 1.31. The highest BCUT2D eigenvalue weighted by atomic mass is 19.4. The summed E-state index contributed by atoms with van der Waals surface area (Å²) in [5, 5.41) is 11.4. The van der Waals surface area contributed by atoms with Crippen molar-refractivity contribution in [3.8, 4) is 5.69 Å². The van der Waals surface area contributed by atoms with E-state index in [0.29, 0.717) is 11.2 Å². The number of nitrogens with zero attached hydrogens (tertiary/aromatic N) is 6. The van der Waals surface area contributed by atoms with Gasteiger partial charge < -0.3 is 4.57 Å². The Bertz CT molecular complexity index is 1020. The Morgan fingerprint density at radius 3 is 2.40 bits per heavy atom. The third-order valence-corrected chi connectivity index (χ3v) is 3.74. The fourth-order valence-electron chi connectivity index (χ4n) is 2.67. The molecule has 2 heterocycles. The average molecular weight is 344 g/mol. The lowest BCUT2D eigenvalue weighted by Gasteiger charge is -2.11. The van der Waals surface area contributed by atoms with Gasteiger partial charge in [0.15, 0.2) is 5.82 Å². The lowest BCUT2D eigenvalue weighted by atomic mass is 10.3. The van der Waals surface area contributed by atoms with Gasteiger partial charge in [-0.3, -0.25) is 0 Å². The van der Waals surface area contributed by atoms with E-state index in [1.807, 2.05) is 6.07 Å². The minimum Gasteiger partial charge on any atom is -0.313 e. The van der Waals surface area contributed by atoms with Gasteiger partial charge in [-0.25, -0.2) is 4.98 Å². The molecule has 2 aromatic heterocycles. The molecule has 4 aromatic rings. The van der Waals surface area contributed by atoms with Crippen molar-refractivity contribution in [1.29, 1.82) is 0 Å². The van der Waals surface area contributed by atoms with Crippen LogP contribution in [0, 0.1) is 0 Å². The zero-order valence-corrected chi connectivity index (χ0v) is 12.7. The van der Waals surface area contributed by atoms with E-state index < -0.39 is 12.0 Å². The van der Waals surface area contributed by atoms with Crippen LogP contribution in [-0.2, 0) is 12.7 Å². The van der Waals surface area contributed by atoms with Crippen molar-refractivity contribution in [1.82, 2.24) is 29.8 Å². The highest BCUT2D eigenvalue weighted by molar-refractivity contribution is 5.76. The molecule has 0 bridgehead atoms. The number of hydrogen-bond acceptors (Lipinski definition) is 4. The van der Waals surface area contributed by atoms with Crippen LogP contribution in [0.3, 0.4) is 0 Å². The number of para-hydroxylation sites is 3. The Hall–Kier alpha value is -3.23. The number of alkyl halides is 3. The summed E-state index contributed by atoms with van der Waals surface area (Å²) in [4.78, 5) is 3.73. The molecule has 0 fully saturated rings. The van der Waals surface area contributed by atoms with Crippen molar-refractivity contribution < 1.29 is 13.2 Å². The number of benzene rings is 2. The first-order valence-electron chi connectivity index (χ1n) is 7.39. The van der Waals surface area contributed by atoms with Crippen molar-refractivity contribution in [3.05, 3.63) is 66.2 Å². The zero-order valence-electron chi connectivity index (χ0n) is 12.7. The normalized spacial score (nSPS) is 12.0. The number of rotatable bonds is 3. The monoisotopic (exact) mass is 344 g/mol. The molecule has 0 N–H and O–H groups in total. The van der Waals surface area contributed by atoms with E-state index >= 15 is 0 Å². The van der Waals surface area contributed by atoms with Crippen molar-refractivity contribution >= 4 is 11.0 Å². The van der Waals surface area contributed by atoms with E-state index in [1.54, 1.807) is 48.5 Å². The van der Waals surface area contributed by atoms with Gasteiger partial charge in [-0.2, -0.15) is 17.9 Å². The van der Waals surface area contributed by atoms with Crippen molar-refractivity contribution in [2.45, 2.75) is 12.7 Å². The Labute approximate surface area is 139 Å². The summed E-state index contributed by atoms with van der Waals surface area (Å²) in [6, 6.07) is 15.4. The second-order valence-corrected chi connectivity index (χ2v) is 5.35. The number of tetrazole rings is 1. The molecule has 9 heteroatoms. The standard InChI is InChI=1S/C16H11F3N6/c17-16(18,19)15-20-12-8-4-5-9-13(12)24(15)10-14-21-22-23-25(14)11-6-2-1-3-7-11/h1-9H,10H2. The molecule has 126 valence electrons. The maximum absolute atomic E-state index is 13.4. The number of fused-ring (bicyclic) bond motifs is 1. The maximum atomic E-state index is 13.4. The van der Waals surface area contributed by atoms with Gasteiger partial charge >= 0.3 is 6.18 Å². The molecular weight excluding hydrogens is 333 g/mol. The van der Waals surface area contributed by atoms with Crippen LogP contribution in [0.4, 0.5) is 13.2 Å². The first kappa shape index (κ1) is 15.3. The Kier molecular flexibility index (Phi) is 3.48. The zero-order chi connectivity index (χ0) is 17.4. The van der Waals surface area contributed by atoms with Gasteiger partial charge in [0.05, 0.1) is 23.3 Å². The molecule has 0 amide bonds. The Morgan fingerprint density at radius 1 is 0.920 bits per heavy atom. The smallest absolute Gasteiger partial charge is 0.313 e. The molecule has 4 rings (SSSR count). The molecule has 0 saturated carbocycles. The molecule has 0 saturated heterocycles. The van der Waals surface area contributed by atoms with Crippen molar-refractivity contribution in [3.63, 3.8) is 0 Å². The van der Waals surface area contributed by atoms with Crippen molar-refractivity contribution in [2.24, 2.45) is 0 Å². The molecule has 6 nitrogen and oxygen atoms in total. The van der Waals surface area contributed by atoms with Crippen LogP contribution in [0.2, 0.25) is 0 Å². The first-order chi connectivity index (χ1) is 12.0. The molecule has 0 spiro atoms. The number of halogens is 3. The quantitative estimate of drug-likeness (QED) is 0.573. The van der Waals surface area contributed by atoms with Crippen LogP contribution in [-0.4, -0.2) is 29.8 Å². The van der Waals surface area contributed by atoms with E-state index in [0.717, 1.165) is 4.57 Å². The van der Waals surface area contributed by atoms with Gasteiger partial charge in [-0.1, -0.05) is 30.3 Å². The highest BCUT2D eigenvalue weighted by Gasteiger charge is 2.37.